The monoisotopic (exact) mass is 246 g/mol. The molecule has 0 atom stereocenters. The molecule has 0 radical (unpaired) electrons. The Bertz CT molecular complexity index is 510. The van der Waals surface area contributed by atoms with Gasteiger partial charge in [0.1, 0.15) is 5.82 Å². The Hall–Kier alpha value is -1.86. The molecule has 2 N–H and O–H groups in total. The van der Waals surface area contributed by atoms with Crippen molar-refractivity contribution >= 4 is 5.91 Å². The van der Waals surface area contributed by atoms with Crippen LogP contribution in [0.4, 0.5) is 4.39 Å². The summed E-state index contributed by atoms with van der Waals surface area (Å²) in [4.78, 5) is 13.8. The number of likely N-dealkylation sites (tertiary alicyclic amines) is 1. The van der Waals surface area contributed by atoms with Crippen LogP contribution in [-0.2, 0) is 0 Å². The van der Waals surface area contributed by atoms with E-state index in [2.05, 4.69) is 11.8 Å². The molecule has 1 aliphatic heterocycles. The van der Waals surface area contributed by atoms with Crippen LogP contribution in [0.15, 0.2) is 18.2 Å². The molecule has 1 aliphatic rings. The lowest BCUT2D eigenvalue weighted by molar-refractivity contribution is 0.0792. The molecule has 3 nitrogen and oxygen atoms in total. The van der Waals surface area contributed by atoms with Gasteiger partial charge in [-0.25, -0.2) is 4.39 Å². The van der Waals surface area contributed by atoms with Crippen LogP contribution in [0.3, 0.4) is 0 Å². The highest BCUT2D eigenvalue weighted by atomic mass is 19.1. The summed E-state index contributed by atoms with van der Waals surface area (Å²) < 4.78 is 13.7. The van der Waals surface area contributed by atoms with Crippen LogP contribution >= 0.6 is 0 Å². The minimum atomic E-state index is -0.471. The number of rotatable bonds is 1. The largest absolute Gasteiger partial charge is 0.339 e. The minimum Gasteiger partial charge on any atom is -0.339 e. The van der Waals surface area contributed by atoms with Crippen molar-refractivity contribution in [2.75, 3.05) is 19.6 Å². The first-order chi connectivity index (χ1) is 8.72. The lowest BCUT2D eigenvalue weighted by Gasteiger charge is -2.15. The lowest BCUT2D eigenvalue weighted by Crippen LogP contribution is -2.27. The Balaban J connectivity index is 2.20. The van der Waals surface area contributed by atoms with Gasteiger partial charge in [0.2, 0.25) is 0 Å². The Morgan fingerprint density at radius 2 is 2.11 bits per heavy atom. The van der Waals surface area contributed by atoms with Crippen LogP contribution in [0, 0.1) is 17.7 Å². The molecule has 0 unspecified atom stereocenters. The number of benzene rings is 1. The molecule has 0 saturated carbocycles. The van der Waals surface area contributed by atoms with E-state index >= 15 is 0 Å². The molecule has 0 aliphatic carbocycles. The van der Waals surface area contributed by atoms with E-state index in [4.69, 9.17) is 5.73 Å². The van der Waals surface area contributed by atoms with Gasteiger partial charge in [-0.3, -0.25) is 4.79 Å². The fraction of sp³-hybridized carbons (Fsp3) is 0.357. The van der Waals surface area contributed by atoms with Crippen molar-refractivity contribution in [3.63, 3.8) is 0 Å². The van der Waals surface area contributed by atoms with Crippen molar-refractivity contribution < 1.29 is 9.18 Å². The van der Waals surface area contributed by atoms with Crippen molar-refractivity contribution in [2.45, 2.75) is 12.8 Å². The Morgan fingerprint density at radius 1 is 1.39 bits per heavy atom. The highest BCUT2D eigenvalue weighted by Crippen LogP contribution is 2.15. The van der Waals surface area contributed by atoms with Crippen LogP contribution in [0.1, 0.15) is 28.8 Å². The number of hydrogen-bond donors (Lipinski definition) is 1. The number of hydrogen-bond acceptors (Lipinski definition) is 2. The minimum absolute atomic E-state index is 0.107. The summed E-state index contributed by atoms with van der Waals surface area (Å²) in [6, 6.07) is 4.40. The van der Waals surface area contributed by atoms with Crippen LogP contribution < -0.4 is 5.73 Å². The van der Waals surface area contributed by atoms with Crippen LogP contribution in [0.5, 0.6) is 0 Å². The Labute approximate surface area is 106 Å². The summed E-state index contributed by atoms with van der Waals surface area (Å²) in [5.41, 5.74) is 5.89. The topological polar surface area (TPSA) is 46.3 Å². The van der Waals surface area contributed by atoms with Gasteiger partial charge in [-0.2, -0.15) is 0 Å². The van der Waals surface area contributed by atoms with E-state index in [1.54, 1.807) is 11.0 Å². The second kappa shape index (κ2) is 5.65. The number of halogens is 1. The predicted octanol–water partition coefficient (Wildman–Crippen LogP) is 1.37. The highest BCUT2D eigenvalue weighted by molar-refractivity contribution is 5.94. The molecule has 0 bridgehead atoms. The molecule has 94 valence electrons. The van der Waals surface area contributed by atoms with Gasteiger partial charge in [0.05, 0.1) is 12.1 Å². The predicted molar refractivity (Wildman–Crippen MR) is 67.5 cm³/mol. The van der Waals surface area contributed by atoms with Gasteiger partial charge in [0.15, 0.2) is 0 Å². The molecular formula is C14H15FN2O. The van der Waals surface area contributed by atoms with Gasteiger partial charge < -0.3 is 10.6 Å². The standard InChI is InChI=1S/C14H15FN2O/c15-13-10-12(6-5-11(13)4-3-7-16)14(18)17-8-1-2-9-17/h5-6,10H,1-2,7-9,16H2. The van der Waals surface area contributed by atoms with Crippen molar-refractivity contribution in [1.82, 2.24) is 4.90 Å². The summed E-state index contributed by atoms with van der Waals surface area (Å²) in [6.45, 7) is 1.71. The summed E-state index contributed by atoms with van der Waals surface area (Å²) in [5, 5.41) is 0. The van der Waals surface area contributed by atoms with E-state index in [9.17, 15) is 9.18 Å². The van der Waals surface area contributed by atoms with Crippen molar-refractivity contribution in [3.05, 3.63) is 35.1 Å². The number of carbonyl (C=O) groups is 1. The maximum atomic E-state index is 13.7. The maximum Gasteiger partial charge on any atom is 0.253 e. The average molecular weight is 246 g/mol. The first-order valence-corrected chi connectivity index (χ1v) is 6.00. The molecule has 18 heavy (non-hydrogen) atoms. The van der Waals surface area contributed by atoms with E-state index in [1.165, 1.54) is 12.1 Å². The number of amides is 1. The van der Waals surface area contributed by atoms with Gasteiger partial charge >= 0.3 is 0 Å². The molecule has 1 amide bonds. The van der Waals surface area contributed by atoms with Crippen LogP contribution in [-0.4, -0.2) is 30.4 Å². The van der Waals surface area contributed by atoms with Crippen molar-refractivity contribution in [3.8, 4) is 11.8 Å². The van der Waals surface area contributed by atoms with Gasteiger partial charge in [0.25, 0.3) is 5.91 Å². The zero-order valence-electron chi connectivity index (χ0n) is 10.1. The average Bonchev–Trinajstić information content (AvgIpc) is 2.90. The Kier molecular flexibility index (Phi) is 3.96. The van der Waals surface area contributed by atoms with E-state index in [0.29, 0.717) is 5.56 Å². The molecule has 1 fully saturated rings. The van der Waals surface area contributed by atoms with Crippen LogP contribution in [0.2, 0.25) is 0 Å². The second-order valence-electron chi connectivity index (χ2n) is 4.20. The SMILES string of the molecule is NCC#Cc1ccc(C(=O)N2CCCC2)cc1F. The van der Waals surface area contributed by atoms with E-state index in [0.717, 1.165) is 25.9 Å². The highest BCUT2D eigenvalue weighted by Gasteiger charge is 2.20. The zero-order chi connectivity index (χ0) is 13.0. The quantitative estimate of drug-likeness (QED) is 0.761. The van der Waals surface area contributed by atoms with E-state index in [-0.39, 0.29) is 18.0 Å². The molecule has 1 aromatic rings. The summed E-state index contributed by atoms with van der Waals surface area (Å²) in [7, 11) is 0. The summed E-state index contributed by atoms with van der Waals surface area (Å²) in [6.07, 6.45) is 2.04. The number of nitrogens with two attached hydrogens (primary N) is 1. The smallest absolute Gasteiger partial charge is 0.253 e. The second-order valence-corrected chi connectivity index (χ2v) is 4.20. The molecule has 1 aromatic carbocycles. The third kappa shape index (κ3) is 2.69. The lowest BCUT2D eigenvalue weighted by atomic mass is 10.1. The maximum absolute atomic E-state index is 13.7. The van der Waals surface area contributed by atoms with E-state index in [1.807, 2.05) is 0 Å². The fourth-order valence-electron chi connectivity index (χ4n) is 2.00. The third-order valence-corrected chi connectivity index (χ3v) is 2.93. The van der Waals surface area contributed by atoms with Crippen molar-refractivity contribution in [1.29, 1.82) is 0 Å². The number of carbonyl (C=O) groups excluding carboxylic acids is 1. The van der Waals surface area contributed by atoms with Gasteiger partial charge in [-0.15, -0.1) is 0 Å². The van der Waals surface area contributed by atoms with Gasteiger partial charge in [0, 0.05) is 18.7 Å². The van der Waals surface area contributed by atoms with E-state index < -0.39 is 5.82 Å². The number of nitrogens with zero attached hydrogens (tertiary/aromatic N) is 1. The van der Waals surface area contributed by atoms with Crippen LogP contribution in [0.25, 0.3) is 0 Å². The third-order valence-electron chi connectivity index (χ3n) is 2.93. The molecule has 0 spiro atoms. The molecule has 4 heteroatoms. The molecule has 2 rings (SSSR count). The Morgan fingerprint density at radius 3 is 2.72 bits per heavy atom. The van der Waals surface area contributed by atoms with Gasteiger partial charge in [-0.1, -0.05) is 11.8 Å². The fourth-order valence-corrected chi connectivity index (χ4v) is 2.00. The first-order valence-electron chi connectivity index (χ1n) is 6.00. The summed E-state index contributed by atoms with van der Waals surface area (Å²) >= 11 is 0. The van der Waals surface area contributed by atoms with Crippen molar-refractivity contribution in [2.24, 2.45) is 5.73 Å². The van der Waals surface area contributed by atoms with Gasteiger partial charge in [-0.05, 0) is 31.0 Å². The molecular weight excluding hydrogens is 231 g/mol. The molecule has 1 heterocycles. The zero-order valence-corrected chi connectivity index (χ0v) is 10.1. The normalized spacial score (nSPS) is 14.2. The first kappa shape index (κ1) is 12.6. The molecule has 1 saturated heterocycles. The summed E-state index contributed by atoms with van der Waals surface area (Å²) in [5.74, 6) is 4.65. The molecule has 0 aromatic heterocycles.